The Bertz CT molecular complexity index is 576. The van der Waals surface area contributed by atoms with E-state index in [0.29, 0.717) is 6.54 Å². The largest absolute Gasteiger partial charge is 0.354 e. The van der Waals surface area contributed by atoms with Crippen molar-refractivity contribution in [1.82, 2.24) is 10.6 Å². The molecule has 0 saturated carbocycles. The molecule has 1 amide bonds. The van der Waals surface area contributed by atoms with Crippen LogP contribution in [0.4, 0.5) is 8.78 Å². The Labute approximate surface area is 129 Å². The Morgan fingerprint density at radius 3 is 2.91 bits per heavy atom. The molecule has 120 valence electrons. The molecule has 3 nitrogen and oxygen atoms in total. The summed E-state index contributed by atoms with van der Waals surface area (Å²) in [5.41, 5.74) is 2.48. The van der Waals surface area contributed by atoms with Crippen LogP contribution in [-0.2, 0) is 16.6 Å². The SMILES string of the molecule is CC1(CNC(=O)C2CC(F)(F)CN2)CCCc2ccccc21. The number of nitrogens with one attached hydrogen (secondary N) is 2. The number of benzene rings is 1. The van der Waals surface area contributed by atoms with Crippen molar-refractivity contribution in [1.29, 1.82) is 0 Å². The second kappa shape index (κ2) is 5.61. The van der Waals surface area contributed by atoms with Gasteiger partial charge in [-0.3, -0.25) is 10.1 Å². The summed E-state index contributed by atoms with van der Waals surface area (Å²) < 4.78 is 26.4. The maximum atomic E-state index is 13.2. The van der Waals surface area contributed by atoms with E-state index in [-0.39, 0.29) is 11.3 Å². The minimum atomic E-state index is -2.77. The smallest absolute Gasteiger partial charge is 0.262 e. The highest BCUT2D eigenvalue weighted by molar-refractivity contribution is 5.82. The van der Waals surface area contributed by atoms with Gasteiger partial charge in [-0.1, -0.05) is 31.2 Å². The number of aryl methyl sites for hydroxylation is 1. The number of alkyl halides is 2. The molecule has 2 atom stereocenters. The van der Waals surface area contributed by atoms with Crippen LogP contribution in [0.15, 0.2) is 24.3 Å². The Balaban J connectivity index is 1.65. The quantitative estimate of drug-likeness (QED) is 0.900. The first-order valence-electron chi connectivity index (χ1n) is 7.87. The number of halogens is 2. The van der Waals surface area contributed by atoms with Crippen LogP contribution in [0.1, 0.15) is 37.3 Å². The molecule has 1 aromatic carbocycles. The van der Waals surface area contributed by atoms with E-state index in [1.54, 1.807) is 0 Å². The van der Waals surface area contributed by atoms with Crippen LogP contribution in [0.2, 0.25) is 0 Å². The molecule has 1 heterocycles. The van der Waals surface area contributed by atoms with Crippen LogP contribution in [0.3, 0.4) is 0 Å². The lowest BCUT2D eigenvalue weighted by molar-refractivity contribution is -0.123. The van der Waals surface area contributed by atoms with Gasteiger partial charge in [0.2, 0.25) is 5.91 Å². The number of carbonyl (C=O) groups excluding carboxylic acids is 1. The first kappa shape index (κ1) is 15.4. The normalized spacial score (nSPS) is 29.9. The van der Waals surface area contributed by atoms with Crippen molar-refractivity contribution in [2.45, 2.75) is 50.0 Å². The number of hydrogen-bond donors (Lipinski definition) is 2. The molecule has 0 radical (unpaired) electrons. The van der Waals surface area contributed by atoms with Gasteiger partial charge < -0.3 is 5.32 Å². The molecule has 1 saturated heterocycles. The topological polar surface area (TPSA) is 41.1 Å². The predicted octanol–water partition coefficient (Wildman–Crippen LogP) is 2.39. The van der Waals surface area contributed by atoms with E-state index < -0.39 is 24.9 Å². The molecule has 2 unspecified atom stereocenters. The van der Waals surface area contributed by atoms with Gasteiger partial charge in [-0.2, -0.15) is 0 Å². The third-order valence-corrected chi connectivity index (χ3v) is 4.92. The Morgan fingerprint density at radius 2 is 2.18 bits per heavy atom. The molecular formula is C17H22F2N2O. The van der Waals surface area contributed by atoms with Gasteiger partial charge in [0.1, 0.15) is 0 Å². The second-order valence-corrected chi connectivity index (χ2v) is 6.78. The molecule has 0 bridgehead atoms. The lowest BCUT2D eigenvalue weighted by Gasteiger charge is -2.36. The molecule has 0 spiro atoms. The van der Waals surface area contributed by atoms with Crippen molar-refractivity contribution in [3.05, 3.63) is 35.4 Å². The van der Waals surface area contributed by atoms with E-state index in [0.717, 1.165) is 19.3 Å². The molecule has 2 aliphatic rings. The van der Waals surface area contributed by atoms with Gasteiger partial charge in [-0.05, 0) is 30.4 Å². The van der Waals surface area contributed by atoms with Crippen LogP contribution < -0.4 is 10.6 Å². The molecule has 1 aliphatic heterocycles. The van der Waals surface area contributed by atoms with E-state index in [1.165, 1.54) is 11.1 Å². The number of carbonyl (C=O) groups is 1. The van der Waals surface area contributed by atoms with Gasteiger partial charge in [0.05, 0.1) is 12.6 Å². The van der Waals surface area contributed by atoms with Gasteiger partial charge in [0, 0.05) is 18.4 Å². The van der Waals surface area contributed by atoms with Crippen molar-refractivity contribution in [2.75, 3.05) is 13.1 Å². The van der Waals surface area contributed by atoms with Crippen molar-refractivity contribution >= 4 is 5.91 Å². The first-order valence-corrected chi connectivity index (χ1v) is 7.87. The molecular weight excluding hydrogens is 286 g/mol. The molecule has 2 N–H and O–H groups in total. The summed E-state index contributed by atoms with van der Waals surface area (Å²) in [7, 11) is 0. The molecule has 1 aromatic rings. The van der Waals surface area contributed by atoms with Crippen molar-refractivity contribution < 1.29 is 13.6 Å². The minimum Gasteiger partial charge on any atom is -0.354 e. The lowest BCUT2D eigenvalue weighted by Crippen LogP contribution is -2.46. The van der Waals surface area contributed by atoms with Crippen LogP contribution in [-0.4, -0.2) is 31.0 Å². The number of hydrogen-bond acceptors (Lipinski definition) is 2. The van der Waals surface area contributed by atoms with E-state index in [4.69, 9.17) is 0 Å². The summed E-state index contributed by atoms with van der Waals surface area (Å²) in [6, 6.07) is 7.52. The molecule has 1 aliphatic carbocycles. The summed E-state index contributed by atoms with van der Waals surface area (Å²) in [5.74, 6) is -3.09. The number of fused-ring (bicyclic) bond motifs is 1. The van der Waals surface area contributed by atoms with E-state index >= 15 is 0 Å². The second-order valence-electron chi connectivity index (χ2n) is 6.78. The first-order chi connectivity index (χ1) is 10.4. The molecule has 1 fully saturated rings. The molecule has 22 heavy (non-hydrogen) atoms. The highest BCUT2D eigenvalue weighted by Crippen LogP contribution is 2.36. The number of amides is 1. The van der Waals surface area contributed by atoms with Gasteiger partial charge >= 0.3 is 0 Å². The Kier molecular flexibility index (Phi) is 3.93. The third kappa shape index (κ3) is 3.00. The maximum absolute atomic E-state index is 13.2. The third-order valence-electron chi connectivity index (χ3n) is 4.92. The Hall–Kier alpha value is -1.49. The average Bonchev–Trinajstić information content (AvgIpc) is 2.86. The highest BCUT2D eigenvalue weighted by atomic mass is 19.3. The molecule has 0 aromatic heterocycles. The van der Waals surface area contributed by atoms with Crippen LogP contribution in [0.5, 0.6) is 0 Å². The average molecular weight is 308 g/mol. The summed E-state index contributed by atoms with van der Waals surface area (Å²) in [4.78, 5) is 12.1. The summed E-state index contributed by atoms with van der Waals surface area (Å²) in [5, 5.41) is 5.48. The van der Waals surface area contributed by atoms with E-state index in [1.807, 2.05) is 12.1 Å². The summed E-state index contributed by atoms with van der Waals surface area (Å²) in [6.45, 7) is 2.22. The minimum absolute atomic E-state index is 0.119. The van der Waals surface area contributed by atoms with E-state index in [9.17, 15) is 13.6 Å². The lowest BCUT2D eigenvalue weighted by atomic mass is 9.71. The van der Waals surface area contributed by atoms with E-state index in [2.05, 4.69) is 29.7 Å². The highest BCUT2D eigenvalue weighted by Gasteiger charge is 2.42. The number of rotatable bonds is 3. The van der Waals surface area contributed by atoms with Crippen LogP contribution in [0.25, 0.3) is 0 Å². The zero-order valence-corrected chi connectivity index (χ0v) is 12.8. The fourth-order valence-corrected chi connectivity index (χ4v) is 3.62. The van der Waals surface area contributed by atoms with Crippen LogP contribution >= 0.6 is 0 Å². The molecule has 3 rings (SSSR count). The van der Waals surface area contributed by atoms with Gasteiger partial charge in [0.15, 0.2) is 0 Å². The van der Waals surface area contributed by atoms with Crippen LogP contribution in [0, 0.1) is 0 Å². The Morgan fingerprint density at radius 1 is 1.41 bits per heavy atom. The van der Waals surface area contributed by atoms with Crippen molar-refractivity contribution in [2.24, 2.45) is 0 Å². The van der Waals surface area contributed by atoms with Crippen molar-refractivity contribution in [3.63, 3.8) is 0 Å². The monoisotopic (exact) mass is 308 g/mol. The van der Waals surface area contributed by atoms with Gasteiger partial charge in [0.25, 0.3) is 5.92 Å². The van der Waals surface area contributed by atoms with Gasteiger partial charge in [-0.15, -0.1) is 0 Å². The zero-order chi connectivity index (χ0) is 15.8. The fourth-order valence-electron chi connectivity index (χ4n) is 3.62. The maximum Gasteiger partial charge on any atom is 0.262 e. The standard InChI is InChI=1S/C17H22F2N2O/c1-16(8-4-6-12-5-2-3-7-13(12)16)10-21-15(22)14-9-17(18,19)11-20-14/h2-3,5,7,14,20H,4,6,8-11H2,1H3,(H,21,22). The van der Waals surface area contributed by atoms with Crippen molar-refractivity contribution in [3.8, 4) is 0 Å². The van der Waals surface area contributed by atoms with Gasteiger partial charge in [-0.25, -0.2) is 8.78 Å². The predicted molar refractivity (Wildman–Crippen MR) is 81.1 cm³/mol. The summed E-state index contributed by atoms with van der Waals surface area (Å²) in [6.07, 6.45) is 2.74. The zero-order valence-electron chi connectivity index (χ0n) is 12.8. The molecule has 5 heteroatoms. The summed E-state index contributed by atoms with van der Waals surface area (Å²) >= 11 is 0. The fraction of sp³-hybridized carbons (Fsp3) is 0.588.